The summed E-state index contributed by atoms with van der Waals surface area (Å²) in [5.41, 5.74) is 5.17. The van der Waals surface area contributed by atoms with Crippen molar-refractivity contribution in [3.63, 3.8) is 0 Å². The molecule has 0 bridgehead atoms. The molecule has 48 valence electrons. The maximum Gasteiger partial charge on any atom is 0.109 e. The number of aliphatic imine (C=N–C) groups is 1. The summed E-state index contributed by atoms with van der Waals surface area (Å²) in [7, 11) is 0. The van der Waals surface area contributed by atoms with E-state index in [2.05, 4.69) is 4.99 Å². The lowest BCUT2D eigenvalue weighted by atomic mass is 10.6. The van der Waals surface area contributed by atoms with Crippen molar-refractivity contribution in [3.05, 3.63) is 0 Å². The van der Waals surface area contributed by atoms with E-state index in [1.807, 2.05) is 0 Å². The number of rotatable bonds is 3. The van der Waals surface area contributed by atoms with Crippen LogP contribution < -0.4 is 5.73 Å². The maximum atomic E-state index is 8.20. The van der Waals surface area contributed by atoms with Gasteiger partial charge in [-0.05, 0) is 0 Å². The maximum absolute atomic E-state index is 8.20. The summed E-state index contributed by atoms with van der Waals surface area (Å²) >= 11 is 5.25. The molecule has 0 spiro atoms. The zero-order valence-corrected chi connectivity index (χ0v) is 5.23. The Morgan fingerprint density at radius 1 is 1.75 bits per heavy atom. The summed E-state index contributed by atoms with van der Waals surface area (Å²) in [5.74, 6) is 0.612. The smallest absolute Gasteiger partial charge is 0.109 e. The molecule has 0 aromatic rings. The van der Waals surface area contributed by atoms with Crippen LogP contribution in [-0.4, -0.2) is 30.0 Å². The molecule has 0 atom stereocenters. The van der Waals surface area contributed by atoms with Gasteiger partial charge in [0.15, 0.2) is 0 Å². The molecule has 0 aromatic heterocycles. The number of hydrogen-bond acceptors (Lipinski definition) is 2. The quantitative estimate of drug-likeness (QED) is 0.314. The minimum absolute atomic E-state index is 0.0254. The summed E-state index contributed by atoms with van der Waals surface area (Å²) in [5, 5.41) is 8.20. The van der Waals surface area contributed by atoms with Crippen LogP contribution in [0.2, 0.25) is 0 Å². The predicted molar refractivity (Wildman–Crippen MR) is 34.3 cm³/mol. The van der Waals surface area contributed by atoms with Gasteiger partial charge in [0.05, 0.1) is 19.0 Å². The number of nitrogens with zero attached hydrogens (tertiary/aromatic N) is 1. The summed E-state index contributed by atoms with van der Waals surface area (Å²) in [6.07, 6.45) is 0. The van der Waals surface area contributed by atoms with Crippen molar-refractivity contribution in [1.82, 2.24) is 0 Å². The molecule has 3 nitrogen and oxygen atoms in total. The van der Waals surface area contributed by atoms with E-state index in [4.69, 9.17) is 22.4 Å². The molecule has 0 aliphatic rings. The van der Waals surface area contributed by atoms with Crippen molar-refractivity contribution in [2.75, 3.05) is 19.0 Å². The first kappa shape index (κ1) is 7.72. The topological polar surface area (TPSA) is 58.6 Å². The highest BCUT2D eigenvalue weighted by molar-refractivity contribution is 6.27. The second-order valence-corrected chi connectivity index (χ2v) is 1.50. The van der Waals surface area contributed by atoms with Gasteiger partial charge in [-0.1, -0.05) is 0 Å². The highest BCUT2D eigenvalue weighted by atomic mass is 35.5. The van der Waals surface area contributed by atoms with Crippen LogP contribution in [0, 0.1) is 0 Å². The fourth-order valence-corrected chi connectivity index (χ4v) is 0.320. The zero-order valence-electron chi connectivity index (χ0n) is 4.47. The predicted octanol–water partition coefficient (Wildman–Crippen LogP) is -0.425. The van der Waals surface area contributed by atoms with Gasteiger partial charge in [-0.2, -0.15) is 0 Å². The van der Waals surface area contributed by atoms with Gasteiger partial charge in [-0.3, -0.25) is 4.99 Å². The SMILES string of the molecule is NC(CCl)=NCCO. The monoisotopic (exact) mass is 136 g/mol. The third-order valence-electron chi connectivity index (χ3n) is 0.552. The highest BCUT2D eigenvalue weighted by Gasteiger charge is 1.83. The largest absolute Gasteiger partial charge is 0.394 e. The summed E-state index contributed by atoms with van der Waals surface area (Å²) < 4.78 is 0. The van der Waals surface area contributed by atoms with Crippen LogP contribution in [-0.2, 0) is 0 Å². The van der Waals surface area contributed by atoms with Crippen LogP contribution in [0.25, 0.3) is 0 Å². The van der Waals surface area contributed by atoms with Crippen molar-refractivity contribution >= 4 is 17.4 Å². The van der Waals surface area contributed by atoms with Gasteiger partial charge in [-0.25, -0.2) is 0 Å². The lowest BCUT2D eigenvalue weighted by Crippen LogP contribution is -2.14. The van der Waals surface area contributed by atoms with Gasteiger partial charge >= 0.3 is 0 Å². The van der Waals surface area contributed by atoms with Crippen LogP contribution in [0.5, 0.6) is 0 Å². The molecular formula is C4H9ClN2O. The summed E-state index contributed by atoms with van der Waals surface area (Å²) in [4.78, 5) is 3.67. The van der Waals surface area contributed by atoms with Crippen LogP contribution in [0.4, 0.5) is 0 Å². The van der Waals surface area contributed by atoms with Gasteiger partial charge in [0.25, 0.3) is 0 Å². The molecule has 0 aromatic carbocycles. The Morgan fingerprint density at radius 2 is 2.38 bits per heavy atom. The molecule has 0 saturated heterocycles. The highest BCUT2D eigenvalue weighted by Crippen LogP contribution is 1.75. The van der Waals surface area contributed by atoms with Crippen LogP contribution >= 0.6 is 11.6 Å². The molecule has 8 heavy (non-hydrogen) atoms. The number of halogens is 1. The van der Waals surface area contributed by atoms with Gasteiger partial charge in [0.1, 0.15) is 5.84 Å². The second-order valence-electron chi connectivity index (χ2n) is 1.23. The third kappa shape index (κ3) is 3.89. The molecule has 0 rings (SSSR count). The Kier molecular flexibility index (Phi) is 4.70. The minimum atomic E-state index is 0.0254. The van der Waals surface area contributed by atoms with Crippen molar-refractivity contribution in [1.29, 1.82) is 0 Å². The van der Waals surface area contributed by atoms with Crippen LogP contribution in [0.1, 0.15) is 0 Å². The average Bonchev–Trinajstić information content (AvgIpc) is 1.83. The second kappa shape index (κ2) is 4.87. The first-order chi connectivity index (χ1) is 3.81. The van der Waals surface area contributed by atoms with E-state index in [0.29, 0.717) is 12.4 Å². The summed E-state index contributed by atoms with van der Waals surface area (Å²) in [6, 6.07) is 0. The van der Waals surface area contributed by atoms with E-state index < -0.39 is 0 Å². The van der Waals surface area contributed by atoms with Crippen molar-refractivity contribution < 1.29 is 5.11 Å². The summed E-state index contributed by atoms with van der Waals surface area (Å²) in [6.45, 7) is 0.371. The van der Waals surface area contributed by atoms with E-state index >= 15 is 0 Å². The molecule has 0 heterocycles. The van der Waals surface area contributed by atoms with E-state index in [0.717, 1.165) is 0 Å². The van der Waals surface area contributed by atoms with E-state index in [-0.39, 0.29) is 12.5 Å². The van der Waals surface area contributed by atoms with Gasteiger partial charge < -0.3 is 10.8 Å². The Balaban J connectivity index is 3.26. The minimum Gasteiger partial charge on any atom is -0.394 e. The van der Waals surface area contributed by atoms with E-state index in [9.17, 15) is 0 Å². The normalized spacial score (nSPS) is 12.0. The molecular weight excluding hydrogens is 128 g/mol. The van der Waals surface area contributed by atoms with Crippen molar-refractivity contribution in [2.24, 2.45) is 10.7 Å². The first-order valence-corrected chi connectivity index (χ1v) is 2.80. The van der Waals surface area contributed by atoms with E-state index in [1.54, 1.807) is 0 Å². The molecule has 3 N–H and O–H groups in total. The fraction of sp³-hybridized carbons (Fsp3) is 0.750. The molecule has 4 heteroatoms. The molecule has 0 radical (unpaired) electrons. The number of alkyl halides is 1. The zero-order chi connectivity index (χ0) is 6.41. The molecule has 0 aliphatic carbocycles. The molecule has 0 fully saturated rings. The number of amidine groups is 1. The van der Waals surface area contributed by atoms with Crippen LogP contribution in [0.15, 0.2) is 4.99 Å². The van der Waals surface area contributed by atoms with Crippen LogP contribution in [0.3, 0.4) is 0 Å². The molecule has 0 unspecified atom stereocenters. The molecule has 0 amide bonds. The van der Waals surface area contributed by atoms with Crippen molar-refractivity contribution in [2.45, 2.75) is 0 Å². The standard InChI is InChI=1S/C4H9ClN2O/c5-3-4(6)7-1-2-8/h8H,1-3H2,(H2,6,7). The van der Waals surface area contributed by atoms with E-state index in [1.165, 1.54) is 0 Å². The number of nitrogens with two attached hydrogens (primary N) is 1. The number of hydrogen-bond donors (Lipinski definition) is 2. The Hall–Kier alpha value is -0.280. The average molecular weight is 137 g/mol. The van der Waals surface area contributed by atoms with Crippen molar-refractivity contribution in [3.8, 4) is 0 Å². The number of aliphatic hydroxyl groups excluding tert-OH is 1. The fourth-order valence-electron chi connectivity index (χ4n) is 0.236. The Morgan fingerprint density at radius 3 is 2.75 bits per heavy atom. The molecule has 0 saturated carbocycles. The molecule has 0 aliphatic heterocycles. The Labute approximate surface area is 53.2 Å². The Bertz CT molecular complexity index is 84.1. The third-order valence-corrected chi connectivity index (χ3v) is 0.826. The van der Waals surface area contributed by atoms with Gasteiger partial charge in [0.2, 0.25) is 0 Å². The lowest BCUT2D eigenvalue weighted by molar-refractivity contribution is 0.307. The van der Waals surface area contributed by atoms with Gasteiger partial charge in [0, 0.05) is 0 Å². The first-order valence-electron chi connectivity index (χ1n) is 2.27. The number of aliphatic hydroxyl groups is 1. The lowest BCUT2D eigenvalue weighted by Gasteiger charge is -1.90. The van der Waals surface area contributed by atoms with Gasteiger partial charge in [-0.15, -0.1) is 11.6 Å².